The summed E-state index contributed by atoms with van der Waals surface area (Å²) in [5, 5.41) is 9.56. The summed E-state index contributed by atoms with van der Waals surface area (Å²) in [5.74, 6) is -0.730. The largest absolute Gasteiger partial charge is 0.480 e. The maximum Gasteiger partial charge on any atom is 0.325 e. The molecule has 0 spiro atoms. The van der Waals surface area contributed by atoms with Crippen molar-refractivity contribution in [3.8, 4) is 0 Å². The van der Waals surface area contributed by atoms with E-state index < -0.39 is 12.0 Å². The van der Waals surface area contributed by atoms with Gasteiger partial charge in [-0.05, 0) is 63.4 Å². The van der Waals surface area contributed by atoms with Crippen molar-refractivity contribution in [1.82, 2.24) is 4.90 Å². The molecular weight excluding hydrogens is 226 g/mol. The maximum absolute atomic E-state index is 11.6. The molecule has 0 radical (unpaired) electrons. The number of hydrogen-bond donors (Lipinski definition) is 1. The molecule has 0 aliphatic carbocycles. The summed E-state index contributed by atoms with van der Waals surface area (Å²) in [6, 6.07) is 3.68. The van der Waals surface area contributed by atoms with Gasteiger partial charge < -0.3 is 5.11 Å². The Morgan fingerprint density at radius 3 is 2.11 bits per heavy atom. The smallest absolute Gasteiger partial charge is 0.325 e. The predicted molar refractivity (Wildman–Crippen MR) is 71.8 cm³/mol. The van der Waals surface area contributed by atoms with Crippen molar-refractivity contribution in [1.29, 1.82) is 0 Å². The van der Waals surface area contributed by atoms with E-state index in [1.54, 1.807) is 0 Å². The average Bonchev–Trinajstić information content (AvgIpc) is 2.75. The molecule has 3 nitrogen and oxygen atoms in total. The molecule has 1 heterocycles. The first-order chi connectivity index (χ1) is 8.50. The molecule has 1 atom stereocenters. The molecule has 1 unspecified atom stereocenters. The van der Waals surface area contributed by atoms with E-state index in [0.29, 0.717) is 0 Å². The van der Waals surface area contributed by atoms with Crippen molar-refractivity contribution in [3.63, 3.8) is 0 Å². The summed E-state index contributed by atoms with van der Waals surface area (Å²) >= 11 is 0. The molecule has 18 heavy (non-hydrogen) atoms. The van der Waals surface area contributed by atoms with Crippen molar-refractivity contribution in [3.05, 3.63) is 34.4 Å². The van der Waals surface area contributed by atoms with Crippen LogP contribution < -0.4 is 0 Å². The molecule has 1 saturated heterocycles. The van der Waals surface area contributed by atoms with Crippen LogP contribution in [0.1, 0.15) is 41.1 Å². The summed E-state index contributed by atoms with van der Waals surface area (Å²) in [4.78, 5) is 13.7. The number of likely N-dealkylation sites (tertiary alicyclic amines) is 1. The molecule has 1 aliphatic rings. The third-order valence-corrected chi connectivity index (χ3v) is 3.75. The number of carboxylic acids is 1. The van der Waals surface area contributed by atoms with Crippen LogP contribution in [0.4, 0.5) is 0 Å². The van der Waals surface area contributed by atoms with Crippen LogP contribution in [0.5, 0.6) is 0 Å². The molecule has 0 bridgehead atoms. The van der Waals surface area contributed by atoms with Crippen LogP contribution in [0.3, 0.4) is 0 Å². The highest BCUT2D eigenvalue weighted by molar-refractivity contribution is 5.77. The first-order valence-electron chi connectivity index (χ1n) is 6.55. The highest BCUT2D eigenvalue weighted by Crippen LogP contribution is 2.30. The summed E-state index contributed by atoms with van der Waals surface area (Å²) in [6.45, 7) is 7.87. The van der Waals surface area contributed by atoms with Crippen LogP contribution in [0.25, 0.3) is 0 Å². The number of carboxylic acid groups (broad SMARTS) is 1. The van der Waals surface area contributed by atoms with E-state index in [2.05, 4.69) is 24.0 Å². The lowest BCUT2D eigenvalue weighted by molar-refractivity contribution is -0.143. The van der Waals surface area contributed by atoms with Crippen molar-refractivity contribution >= 4 is 5.97 Å². The van der Waals surface area contributed by atoms with Gasteiger partial charge in [0.15, 0.2) is 0 Å². The Labute approximate surface area is 108 Å². The zero-order valence-electron chi connectivity index (χ0n) is 11.4. The van der Waals surface area contributed by atoms with Gasteiger partial charge in [0.25, 0.3) is 0 Å². The molecule has 0 saturated carbocycles. The number of aryl methyl sites for hydroxylation is 3. The Bertz CT molecular complexity index is 439. The molecule has 2 rings (SSSR count). The fraction of sp³-hybridized carbons (Fsp3) is 0.533. The molecule has 1 aliphatic heterocycles. The zero-order chi connectivity index (χ0) is 13.3. The quantitative estimate of drug-likeness (QED) is 0.893. The Kier molecular flexibility index (Phi) is 3.71. The van der Waals surface area contributed by atoms with Gasteiger partial charge in [0.05, 0.1) is 0 Å². The van der Waals surface area contributed by atoms with Gasteiger partial charge in [-0.25, -0.2) is 0 Å². The van der Waals surface area contributed by atoms with Gasteiger partial charge >= 0.3 is 5.97 Å². The Balaban J connectivity index is 2.45. The van der Waals surface area contributed by atoms with E-state index in [9.17, 15) is 9.90 Å². The molecule has 1 aromatic rings. The van der Waals surface area contributed by atoms with E-state index in [1.165, 1.54) is 5.56 Å². The lowest BCUT2D eigenvalue weighted by atomic mass is 9.93. The molecule has 1 N–H and O–H groups in total. The highest BCUT2D eigenvalue weighted by Gasteiger charge is 2.31. The highest BCUT2D eigenvalue weighted by atomic mass is 16.4. The minimum Gasteiger partial charge on any atom is -0.480 e. The molecular formula is C15H21NO2. The minimum absolute atomic E-state index is 0.479. The molecule has 3 heteroatoms. The summed E-state index contributed by atoms with van der Waals surface area (Å²) in [5.41, 5.74) is 4.35. The standard InChI is InChI=1S/C15H21NO2/c1-10-8-11(2)13(12(3)9-10)14(15(17)18)16-6-4-5-7-16/h8-9,14H,4-7H2,1-3H3,(H,17,18). The second-order valence-corrected chi connectivity index (χ2v) is 5.30. The molecule has 0 amide bonds. The molecule has 98 valence electrons. The Morgan fingerprint density at radius 1 is 1.17 bits per heavy atom. The van der Waals surface area contributed by atoms with Gasteiger partial charge in [-0.3, -0.25) is 9.69 Å². The third-order valence-electron chi connectivity index (χ3n) is 3.75. The Morgan fingerprint density at radius 2 is 1.67 bits per heavy atom. The fourth-order valence-corrected chi connectivity index (χ4v) is 3.08. The number of rotatable bonds is 3. The van der Waals surface area contributed by atoms with E-state index in [1.807, 2.05) is 13.8 Å². The SMILES string of the molecule is Cc1cc(C)c(C(C(=O)O)N2CCCC2)c(C)c1. The van der Waals surface area contributed by atoms with Gasteiger partial charge in [-0.1, -0.05) is 17.7 Å². The van der Waals surface area contributed by atoms with Gasteiger partial charge in [-0.2, -0.15) is 0 Å². The van der Waals surface area contributed by atoms with Gasteiger partial charge in [-0.15, -0.1) is 0 Å². The molecule has 1 fully saturated rings. The van der Waals surface area contributed by atoms with Gasteiger partial charge in [0.2, 0.25) is 0 Å². The van der Waals surface area contributed by atoms with Crippen LogP contribution >= 0.6 is 0 Å². The van der Waals surface area contributed by atoms with E-state index in [-0.39, 0.29) is 0 Å². The number of hydrogen-bond acceptors (Lipinski definition) is 2. The lowest BCUT2D eigenvalue weighted by Gasteiger charge is -2.27. The first-order valence-corrected chi connectivity index (χ1v) is 6.55. The molecule has 1 aromatic carbocycles. The van der Waals surface area contributed by atoms with Crippen molar-refractivity contribution in [2.75, 3.05) is 13.1 Å². The second kappa shape index (κ2) is 5.11. The second-order valence-electron chi connectivity index (χ2n) is 5.30. The number of nitrogens with zero attached hydrogens (tertiary/aromatic N) is 1. The first kappa shape index (κ1) is 13.1. The summed E-state index contributed by atoms with van der Waals surface area (Å²) in [7, 11) is 0. The van der Waals surface area contributed by atoms with Crippen LogP contribution in [0.2, 0.25) is 0 Å². The minimum atomic E-state index is -0.730. The van der Waals surface area contributed by atoms with Crippen molar-refractivity contribution < 1.29 is 9.90 Å². The third kappa shape index (κ3) is 2.41. The summed E-state index contributed by atoms with van der Waals surface area (Å²) in [6.07, 6.45) is 2.21. The zero-order valence-corrected chi connectivity index (χ0v) is 11.4. The van der Waals surface area contributed by atoms with Crippen LogP contribution in [0, 0.1) is 20.8 Å². The van der Waals surface area contributed by atoms with Crippen molar-refractivity contribution in [2.45, 2.75) is 39.7 Å². The van der Waals surface area contributed by atoms with E-state index in [4.69, 9.17) is 0 Å². The predicted octanol–water partition coefficient (Wildman–Crippen LogP) is 2.83. The maximum atomic E-state index is 11.6. The van der Waals surface area contributed by atoms with Crippen LogP contribution in [-0.2, 0) is 4.79 Å². The molecule has 0 aromatic heterocycles. The van der Waals surface area contributed by atoms with Gasteiger partial charge in [0.1, 0.15) is 6.04 Å². The monoisotopic (exact) mass is 247 g/mol. The van der Waals surface area contributed by atoms with E-state index >= 15 is 0 Å². The number of benzene rings is 1. The van der Waals surface area contributed by atoms with Gasteiger partial charge in [0, 0.05) is 0 Å². The normalized spacial score (nSPS) is 17.9. The summed E-state index contributed by atoms with van der Waals surface area (Å²) < 4.78 is 0. The average molecular weight is 247 g/mol. The number of carbonyl (C=O) groups is 1. The van der Waals surface area contributed by atoms with Crippen molar-refractivity contribution in [2.24, 2.45) is 0 Å². The van der Waals surface area contributed by atoms with Crippen LogP contribution in [0.15, 0.2) is 12.1 Å². The lowest BCUT2D eigenvalue weighted by Crippen LogP contribution is -2.32. The van der Waals surface area contributed by atoms with E-state index in [0.717, 1.165) is 42.6 Å². The van der Waals surface area contributed by atoms with Crippen LogP contribution in [-0.4, -0.2) is 29.1 Å². The fourth-order valence-electron chi connectivity index (χ4n) is 3.08. The Hall–Kier alpha value is -1.35. The topological polar surface area (TPSA) is 40.5 Å². The number of aliphatic carboxylic acids is 1.